The minimum absolute atomic E-state index is 0.0734. The Balaban J connectivity index is 1.66. The van der Waals surface area contributed by atoms with Gasteiger partial charge in [-0.25, -0.2) is 4.39 Å². The van der Waals surface area contributed by atoms with E-state index in [-0.39, 0.29) is 30.4 Å². The third-order valence-corrected chi connectivity index (χ3v) is 6.30. The second kappa shape index (κ2) is 10.2. The Hall–Kier alpha value is -3.75. The quantitative estimate of drug-likeness (QED) is 0.633. The van der Waals surface area contributed by atoms with Crippen molar-refractivity contribution in [3.63, 3.8) is 0 Å². The summed E-state index contributed by atoms with van der Waals surface area (Å²) in [5.41, 5.74) is 1.59. The fourth-order valence-corrected chi connectivity index (χ4v) is 4.46. The first kappa shape index (κ1) is 24.4. The third-order valence-electron chi connectivity index (χ3n) is 6.30. The fraction of sp³-hybridized carbons (Fsp3) is 0.385. The maximum Gasteiger partial charge on any atom is 0.305 e. The molecular formula is C26H28FN3O5. The van der Waals surface area contributed by atoms with Crippen LogP contribution in [0.5, 0.6) is 0 Å². The summed E-state index contributed by atoms with van der Waals surface area (Å²) >= 11 is 0. The molecule has 2 N–H and O–H groups in total. The molecule has 2 aromatic carbocycles. The molecule has 2 unspecified atom stereocenters. The molecule has 1 saturated carbocycles. The van der Waals surface area contributed by atoms with Crippen molar-refractivity contribution >= 4 is 23.7 Å². The number of benzene rings is 2. The molecule has 1 aliphatic carbocycles. The number of aliphatic carboxylic acids is 1. The molecule has 2 fully saturated rings. The van der Waals surface area contributed by atoms with Crippen LogP contribution in [-0.2, 0) is 14.4 Å². The molecule has 1 aliphatic heterocycles. The van der Waals surface area contributed by atoms with Crippen molar-refractivity contribution in [2.75, 3.05) is 13.1 Å². The van der Waals surface area contributed by atoms with Gasteiger partial charge < -0.3 is 20.2 Å². The summed E-state index contributed by atoms with van der Waals surface area (Å²) in [7, 11) is 0. The number of hydrogen-bond acceptors (Lipinski definition) is 4. The van der Waals surface area contributed by atoms with Gasteiger partial charge in [0.2, 0.25) is 5.91 Å². The van der Waals surface area contributed by atoms with Crippen LogP contribution in [0.25, 0.3) is 0 Å². The Labute approximate surface area is 202 Å². The summed E-state index contributed by atoms with van der Waals surface area (Å²) in [4.78, 5) is 54.3. The summed E-state index contributed by atoms with van der Waals surface area (Å²) in [5.74, 6) is -3.27. The van der Waals surface area contributed by atoms with Crippen molar-refractivity contribution in [2.24, 2.45) is 5.92 Å². The van der Waals surface area contributed by atoms with Crippen LogP contribution in [0.4, 0.5) is 4.39 Å². The number of hydrogen-bond donors (Lipinski definition) is 2. The second-order valence-corrected chi connectivity index (χ2v) is 9.12. The zero-order valence-electron chi connectivity index (χ0n) is 19.4. The Morgan fingerprint density at radius 3 is 2.43 bits per heavy atom. The van der Waals surface area contributed by atoms with E-state index < -0.39 is 35.8 Å². The van der Waals surface area contributed by atoms with E-state index in [4.69, 9.17) is 0 Å². The number of carboxylic acids is 1. The van der Waals surface area contributed by atoms with Gasteiger partial charge in [-0.15, -0.1) is 0 Å². The van der Waals surface area contributed by atoms with Crippen LogP contribution in [0.3, 0.4) is 0 Å². The van der Waals surface area contributed by atoms with Crippen molar-refractivity contribution in [1.29, 1.82) is 0 Å². The smallest absolute Gasteiger partial charge is 0.305 e. The van der Waals surface area contributed by atoms with Crippen molar-refractivity contribution < 1.29 is 28.7 Å². The second-order valence-electron chi connectivity index (χ2n) is 9.12. The molecule has 9 heteroatoms. The van der Waals surface area contributed by atoms with Gasteiger partial charge in [0.05, 0.1) is 12.5 Å². The molecule has 2 atom stereocenters. The lowest BCUT2D eigenvalue weighted by molar-refractivity contribution is -0.151. The van der Waals surface area contributed by atoms with E-state index in [9.17, 15) is 28.7 Å². The average Bonchev–Trinajstić information content (AvgIpc) is 3.67. The molecule has 1 saturated heterocycles. The Morgan fingerprint density at radius 2 is 1.77 bits per heavy atom. The molecular weight excluding hydrogens is 453 g/mol. The summed E-state index contributed by atoms with van der Waals surface area (Å²) < 4.78 is 13.8. The molecule has 0 radical (unpaired) electrons. The molecule has 0 bridgehead atoms. The van der Waals surface area contributed by atoms with Gasteiger partial charge in [-0.1, -0.05) is 35.9 Å². The maximum atomic E-state index is 13.8. The van der Waals surface area contributed by atoms with Crippen LogP contribution in [0.1, 0.15) is 53.2 Å². The van der Waals surface area contributed by atoms with Gasteiger partial charge in [-0.2, -0.15) is 0 Å². The lowest BCUT2D eigenvalue weighted by atomic mass is 10.0. The number of aryl methyl sites for hydroxylation is 1. The van der Waals surface area contributed by atoms with Gasteiger partial charge in [-0.3, -0.25) is 19.2 Å². The highest BCUT2D eigenvalue weighted by atomic mass is 19.1. The summed E-state index contributed by atoms with van der Waals surface area (Å²) in [5, 5.41) is 12.2. The molecule has 2 aromatic rings. The highest BCUT2D eigenvalue weighted by molar-refractivity contribution is 5.99. The van der Waals surface area contributed by atoms with Crippen molar-refractivity contribution in [3.8, 4) is 0 Å². The lowest BCUT2D eigenvalue weighted by Gasteiger charge is -2.43. The highest BCUT2D eigenvalue weighted by Crippen LogP contribution is 2.33. The van der Waals surface area contributed by atoms with Crippen LogP contribution in [0.2, 0.25) is 0 Å². The number of nitrogens with zero attached hydrogens (tertiary/aromatic N) is 2. The standard InChI is InChI=1S/C26H28FN3O5/c1-16-5-2-6-18(13-16)21(15-22(31)32)28-23(33)24-29(25(34)17-9-10-17)11-4-12-30(24)26(35)19-7-3-8-20(27)14-19/h2-3,5-8,13-14,17,21,24H,4,9-12,15H2,1H3,(H,28,33)(H,31,32). The molecule has 0 aromatic heterocycles. The van der Waals surface area contributed by atoms with E-state index in [2.05, 4.69) is 5.32 Å². The van der Waals surface area contributed by atoms with Gasteiger partial charge in [0, 0.05) is 24.6 Å². The predicted octanol–water partition coefficient (Wildman–Crippen LogP) is 2.88. The topological polar surface area (TPSA) is 107 Å². The van der Waals surface area contributed by atoms with Crippen molar-refractivity contribution in [3.05, 3.63) is 71.0 Å². The molecule has 1 heterocycles. The van der Waals surface area contributed by atoms with Crippen molar-refractivity contribution in [1.82, 2.24) is 15.1 Å². The number of rotatable bonds is 7. The SMILES string of the molecule is Cc1cccc(C(CC(=O)O)NC(=O)C2N(C(=O)c3cccc(F)c3)CCCN2C(=O)C2CC2)c1. The van der Waals surface area contributed by atoms with Crippen LogP contribution < -0.4 is 5.32 Å². The van der Waals surface area contributed by atoms with Gasteiger partial charge in [0.25, 0.3) is 11.8 Å². The summed E-state index contributed by atoms with van der Waals surface area (Å²) in [6.07, 6.45) is 0.309. The lowest BCUT2D eigenvalue weighted by Crippen LogP contribution is -2.64. The first-order valence-corrected chi connectivity index (χ1v) is 11.7. The van der Waals surface area contributed by atoms with Crippen molar-refractivity contribution in [2.45, 2.75) is 44.8 Å². The number of carboxylic acid groups (broad SMARTS) is 1. The molecule has 2 aliphatic rings. The van der Waals surface area contributed by atoms with Gasteiger partial charge in [-0.05, 0) is 49.9 Å². The normalized spacial score (nSPS) is 18.6. The Morgan fingerprint density at radius 1 is 1.06 bits per heavy atom. The summed E-state index contributed by atoms with van der Waals surface area (Å²) in [6.45, 7) is 2.37. The van der Waals surface area contributed by atoms with E-state index >= 15 is 0 Å². The number of amides is 3. The van der Waals surface area contributed by atoms with Gasteiger partial charge >= 0.3 is 5.97 Å². The maximum absolute atomic E-state index is 13.8. The van der Waals surface area contributed by atoms with E-state index in [1.807, 2.05) is 13.0 Å². The molecule has 0 spiro atoms. The molecule has 8 nitrogen and oxygen atoms in total. The van der Waals surface area contributed by atoms with Crippen LogP contribution >= 0.6 is 0 Å². The molecule has 184 valence electrons. The number of halogens is 1. The third kappa shape index (κ3) is 5.67. The van der Waals surface area contributed by atoms with Crippen LogP contribution in [0, 0.1) is 18.7 Å². The Bertz CT molecular complexity index is 1150. The van der Waals surface area contributed by atoms with Gasteiger partial charge in [0.1, 0.15) is 5.82 Å². The zero-order valence-corrected chi connectivity index (χ0v) is 19.4. The highest BCUT2D eigenvalue weighted by Gasteiger charge is 2.45. The number of carbonyl (C=O) groups excluding carboxylic acids is 3. The van der Waals surface area contributed by atoms with Crippen LogP contribution in [-0.4, -0.2) is 57.9 Å². The number of carbonyl (C=O) groups is 4. The van der Waals surface area contributed by atoms with E-state index in [1.54, 1.807) is 18.2 Å². The zero-order chi connectivity index (χ0) is 25.1. The summed E-state index contributed by atoms with van der Waals surface area (Å²) in [6, 6.07) is 11.5. The first-order valence-electron chi connectivity index (χ1n) is 11.7. The average molecular weight is 482 g/mol. The first-order chi connectivity index (χ1) is 16.7. The Kier molecular flexibility index (Phi) is 7.14. The largest absolute Gasteiger partial charge is 0.481 e. The fourth-order valence-electron chi connectivity index (χ4n) is 4.46. The monoisotopic (exact) mass is 481 g/mol. The van der Waals surface area contributed by atoms with Gasteiger partial charge in [0.15, 0.2) is 6.17 Å². The minimum atomic E-state index is -1.26. The number of nitrogens with one attached hydrogen (secondary N) is 1. The minimum Gasteiger partial charge on any atom is -0.481 e. The molecule has 3 amide bonds. The molecule has 4 rings (SSSR count). The van der Waals surface area contributed by atoms with E-state index in [1.165, 1.54) is 28.0 Å². The van der Waals surface area contributed by atoms with E-state index in [0.717, 1.165) is 24.5 Å². The van der Waals surface area contributed by atoms with E-state index in [0.29, 0.717) is 18.5 Å². The molecule has 35 heavy (non-hydrogen) atoms. The van der Waals surface area contributed by atoms with Crippen LogP contribution in [0.15, 0.2) is 48.5 Å². The predicted molar refractivity (Wildman–Crippen MR) is 125 cm³/mol.